The Kier molecular flexibility index (Phi) is 7.63. The molecular formula is C13H18Cl2N2O2. The highest BCUT2D eigenvalue weighted by Crippen LogP contribution is 2.25. The molecule has 19 heavy (non-hydrogen) atoms. The van der Waals surface area contributed by atoms with Gasteiger partial charge < -0.3 is 15.7 Å². The summed E-state index contributed by atoms with van der Waals surface area (Å²) in [5.41, 5.74) is 0.493. The number of carbonyl (C=O) groups excluding carboxylic acids is 1. The molecule has 3 N–H and O–H groups in total. The van der Waals surface area contributed by atoms with E-state index in [1.54, 1.807) is 18.2 Å². The van der Waals surface area contributed by atoms with Crippen LogP contribution in [-0.4, -0.2) is 24.3 Å². The Morgan fingerprint density at radius 1 is 1.16 bits per heavy atom. The van der Waals surface area contributed by atoms with E-state index in [2.05, 4.69) is 10.6 Å². The summed E-state index contributed by atoms with van der Waals surface area (Å²) in [7, 11) is 0. The standard InChI is InChI=1S/C13H18Cl2N2O2/c14-10-5-6-11(15)12(9-10)17-13(19)16-7-3-1-2-4-8-18/h5-6,9,18H,1-4,7-8H2,(H2,16,17,19). The quantitative estimate of drug-likeness (QED) is 0.673. The predicted molar refractivity (Wildman–Crippen MR) is 79.0 cm³/mol. The second kappa shape index (κ2) is 9.02. The fourth-order valence-electron chi connectivity index (χ4n) is 1.55. The number of rotatable bonds is 7. The van der Waals surface area contributed by atoms with Gasteiger partial charge in [-0.1, -0.05) is 36.0 Å². The van der Waals surface area contributed by atoms with Gasteiger partial charge in [-0.15, -0.1) is 0 Å². The molecule has 0 saturated heterocycles. The van der Waals surface area contributed by atoms with Crippen LogP contribution in [0.1, 0.15) is 25.7 Å². The molecule has 0 aromatic heterocycles. The van der Waals surface area contributed by atoms with Crippen LogP contribution in [0.15, 0.2) is 18.2 Å². The number of nitrogens with one attached hydrogen (secondary N) is 2. The molecule has 1 rings (SSSR count). The zero-order valence-electron chi connectivity index (χ0n) is 10.6. The van der Waals surface area contributed by atoms with E-state index in [-0.39, 0.29) is 12.6 Å². The third-order valence-electron chi connectivity index (χ3n) is 2.55. The topological polar surface area (TPSA) is 61.4 Å². The minimum absolute atomic E-state index is 0.223. The van der Waals surface area contributed by atoms with Crippen molar-refractivity contribution in [2.75, 3.05) is 18.5 Å². The minimum atomic E-state index is -0.300. The summed E-state index contributed by atoms with van der Waals surface area (Å²) in [4.78, 5) is 11.6. The van der Waals surface area contributed by atoms with Gasteiger partial charge in [0, 0.05) is 18.2 Å². The summed E-state index contributed by atoms with van der Waals surface area (Å²) < 4.78 is 0. The summed E-state index contributed by atoms with van der Waals surface area (Å²) in [6.07, 6.45) is 3.65. The number of carbonyl (C=O) groups is 1. The first kappa shape index (κ1) is 16.1. The van der Waals surface area contributed by atoms with E-state index in [0.29, 0.717) is 22.3 Å². The van der Waals surface area contributed by atoms with Crippen molar-refractivity contribution in [1.82, 2.24) is 5.32 Å². The van der Waals surface area contributed by atoms with Crippen LogP contribution in [0.3, 0.4) is 0 Å². The number of benzene rings is 1. The van der Waals surface area contributed by atoms with E-state index in [9.17, 15) is 4.79 Å². The van der Waals surface area contributed by atoms with Crippen LogP contribution < -0.4 is 10.6 Å². The SMILES string of the molecule is O=C(NCCCCCCO)Nc1cc(Cl)ccc1Cl. The second-order valence-corrected chi connectivity index (χ2v) is 4.99. The first-order valence-electron chi connectivity index (χ1n) is 6.24. The largest absolute Gasteiger partial charge is 0.396 e. The highest BCUT2D eigenvalue weighted by atomic mass is 35.5. The number of halogens is 2. The molecule has 0 unspecified atom stereocenters. The average Bonchev–Trinajstić information content (AvgIpc) is 2.38. The lowest BCUT2D eigenvalue weighted by Crippen LogP contribution is -2.29. The summed E-state index contributed by atoms with van der Waals surface area (Å²) in [5.74, 6) is 0. The Morgan fingerprint density at radius 2 is 1.89 bits per heavy atom. The molecule has 2 amide bonds. The lowest BCUT2D eigenvalue weighted by molar-refractivity contribution is 0.251. The minimum Gasteiger partial charge on any atom is -0.396 e. The lowest BCUT2D eigenvalue weighted by atomic mass is 10.2. The molecule has 0 aliphatic carbocycles. The van der Waals surface area contributed by atoms with Gasteiger partial charge >= 0.3 is 6.03 Å². The molecule has 0 saturated carbocycles. The van der Waals surface area contributed by atoms with Crippen molar-refractivity contribution in [3.63, 3.8) is 0 Å². The van der Waals surface area contributed by atoms with E-state index in [4.69, 9.17) is 28.3 Å². The van der Waals surface area contributed by atoms with Crippen molar-refractivity contribution in [3.8, 4) is 0 Å². The molecule has 0 spiro atoms. The number of unbranched alkanes of at least 4 members (excludes halogenated alkanes) is 3. The van der Waals surface area contributed by atoms with Crippen molar-refractivity contribution >= 4 is 34.9 Å². The molecule has 0 bridgehead atoms. The zero-order valence-corrected chi connectivity index (χ0v) is 12.1. The maximum atomic E-state index is 11.6. The Labute approximate surface area is 123 Å². The predicted octanol–water partition coefficient (Wildman–Crippen LogP) is 3.67. The smallest absolute Gasteiger partial charge is 0.319 e. The van der Waals surface area contributed by atoms with Gasteiger partial charge in [-0.2, -0.15) is 0 Å². The number of hydrogen-bond donors (Lipinski definition) is 3. The monoisotopic (exact) mass is 304 g/mol. The highest BCUT2D eigenvalue weighted by molar-refractivity contribution is 6.35. The van der Waals surface area contributed by atoms with Crippen molar-refractivity contribution in [3.05, 3.63) is 28.2 Å². The molecule has 1 aromatic rings. The van der Waals surface area contributed by atoms with Crippen LogP contribution in [0.4, 0.5) is 10.5 Å². The zero-order chi connectivity index (χ0) is 14.1. The molecule has 1 aromatic carbocycles. The van der Waals surface area contributed by atoms with E-state index >= 15 is 0 Å². The highest BCUT2D eigenvalue weighted by Gasteiger charge is 2.05. The molecular weight excluding hydrogens is 287 g/mol. The van der Waals surface area contributed by atoms with Gasteiger partial charge in [0.25, 0.3) is 0 Å². The Balaban J connectivity index is 2.25. The van der Waals surface area contributed by atoms with Crippen LogP contribution in [0.5, 0.6) is 0 Å². The number of aliphatic hydroxyl groups excluding tert-OH is 1. The molecule has 6 heteroatoms. The van der Waals surface area contributed by atoms with Crippen LogP contribution >= 0.6 is 23.2 Å². The van der Waals surface area contributed by atoms with E-state index in [0.717, 1.165) is 25.7 Å². The maximum absolute atomic E-state index is 11.6. The first-order chi connectivity index (χ1) is 9.13. The molecule has 0 aliphatic heterocycles. The summed E-state index contributed by atoms with van der Waals surface area (Å²) in [6.45, 7) is 0.816. The maximum Gasteiger partial charge on any atom is 0.319 e. The van der Waals surface area contributed by atoms with Gasteiger partial charge in [0.2, 0.25) is 0 Å². The van der Waals surface area contributed by atoms with Crippen LogP contribution in [0.25, 0.3) is 0 Å². The third-order valence-corrected chi connectivity index (χ3v) is 3.11. The molecule has 4 nitrogen and oxygen atoms in total. The lowest BCUT2D eigenvalue weighted by Gasteiger charge is -2.09. The average molecular weight is 305 g/mol. The molecule has 0 aliphatic rings. The Hall–Kier alpha value is -0.970. The Bertz CT molecular complexity index is 414. The first-order valence-corrected chi connectivity index (χ1v) is 7.00. The van der Waals surface area contributed by atoms with Crippen LogP contribution in [0.2, 0.25) is 10.0 Å². The van der Waals surface area contributed by atoms with Gasteiger partial charge in [-0.3, -0.25) is 0 Å². The summed E-state index contributed by atoms with van der Waals surface area (Å²) >= 11 is 11.8. The fraction of sp³-hybridized carbons (Fsp3) is 0.462. The molecule has 106 valence electrons. The molecule has 0 heterocycles. The third kappa shape index (κ3) is 6.66. The van der Waals surface area contributed by atoms with Crippen molar-refractivity contribution in [2.45, 2.75) is 25.7 Å². The van der Waals surface area contributed by atoms with Gasteiger partial charge in [-0.25, -0.2) is 4.79 Å². The normalized spacial score (nSPS) is 10.3. The van der Waals surface area contributed by atoms with Crippen LogP contribution in [0, 0.1) is 0 Å². The van der Waals surface area contributed by atoms with E-state index in [1.165, 1.54) is 0 Å². The molecule has 0 fully saturated rings. The summed E-state index contributed by atoms with van der Waals surface area (Å²) in [5, 5.41) is 15.0. The van der Waals surface area contributed by atoms with Crippen molar-refractivity contribution < 1.29 is 9.90 Å². The van der Waals surface area contributed by atoms with E-state index in [1.807, 2.05) is 0 Å². The Morgan fingerprint density at radius 3 is 2.63 bits per heavy atom. The van der Waals surface area contributed by atoms with Gasteiger partial charge in [-0.05, 0) is 31.0 Å². The number of urea groups is 1. The number of hydrogen-bond acceptors (Lipinski definition) is 2. The number of anilines is 1. The number of aliphatic hydroxyl groups is 1. The van der Waals surface area contributed by atoms with Gasteiger partial charge in [0.1, 0.15) is 0 Å². The van der Waals surface area contributed by atoms with Gasteiger partial charge in [0.05, 0.1) is 10.7 Å². The fourth-order valence-corrected chi connectivity index (χ4v) is 1.89. The van der Waals surface area contributed by atoms with Crippen molar-refractivity contribution in [2.24, 2.45) is 0 Å². The van der Waals surface area contributed by atoms with Crippen LogP contribution in [-0.2, 0) is 0 Å². The van der Waals surface area contributed by atoms with Crippen molar-refractivity contribution in [1.29, 1.82) is 0 Å². The molecule has 0 radical (unpaired) electrons. The van der Waals surface area contributed by atoms with Gasteiger partial charge in [0.15, 0.2) is 0 Å². The summed E-state index contributed by atoms with van der Waals surface area (Å²) in [6, 6.07) is 4.60. The second-order valence-electron chi connectivity index (χ2n) is 4.14. The number of amides is 2. The molecule has 0 atom stereocenters. The van der Waals surface area contributed by atoms with E-state index < -0.39 is 0 Å².